The summed E-state index contributed by atoms with van der Waals surface area (Å²) in [5, 5.41) is 1.16. The Bertz CT molecular complexity index is 1310. The van der Waals surface area contributed by atoms with Crippen LogP contribution in [0.4, 0.5) is 11.4 Å². The lowest BCUT2D eigenvalue weighted by molar-refractivity contribution is 0.0745. The van der Waals surface area contributed by atoms with E-state index in [1.807, 2.05) is 54.4 Å². The van der Waals surface area contributed by atoms with Crippen molar-refractivity contribution >= 4 is 40.1 Å². The summed E-state index contributed by atoms with van der Waals surface area (Å²) in [5.41, 5.74) is 4.98. The first-order chi connectivity index (χ1) is 16.6. The number of nitrogens with zero attached hydrogens (tertiary/aromatic N) is 2. The summed E-state index contributed by atoms with van der Waals surface area (Å²) in [6.07, 6.45) is 1.94. The molecule has 0 aliphatic carbocycles. The summed E-state index contributed by atoms with van der Waals surface area (Å²) in [6.45, 7) is 4.93. The number of hydrogen-bond acceptors (Lipinski definition) is 5. The van der Waals surface area contributed by atoms with Crippen molar-refractivity contribution in [3.05, 3.63) is 84.1 Å². The minimum atomic E-state index is 0.0911. The lowest BCUT2D eigenvalue weighted by Gasteiger charge is -2.36. The molecule has 0 bridgehead atoms. The molecule has 6 nitrogen and oxygen atoms in total. The van der Waals surface area contributed by atoms with Gasteiger partial charge in [-0.15, -0.1) is 0 Å². The molecule has 4 aromatic rings. The van der Waals surface area contributed by atoms with E-state index < -0.39 is 0 Å². The van der Waals surface area contributed by atoms with Crippen molar-refractivity contribution in [3.8, 4) is 5.75 Å². The Morgan fingerprint density at radius 1 is 1.00 bits per heavy atom. The van der Waals surface area contributed by atoms with E-state index in [1.165, 1.54) is 11.9 Å². The van der Waals surface area contributed by atoms with Gasteiger partial charge < -0.3 is 24.2 Å². The highest BCUT2D eigenvalue weighted by Crippen LogP contribution is 2.29. The SMILES string of the molecule is COc1ccccc1N1CCN(C(=O)c2cc(SNc3ccc4[nH]ccc4c3)ccc2C)CC1. The number of benzene rings is 3. The number of aromatic nitrogens is 1. The molecule has 0 spiro atoms. The molecule has 7 heteroatoms. The maximum atomic E-state index is 13.4. The summed E-state index contributed by atoms with van der Waals surface area (Å²) >= 11 is 1.52. The van der Waals surface area contributed by atoms with Crippen LogP contribution in [0, 0.1) is 6.92 Å². The molecule has 3 aromatic carbocycles. The molecule has 1 fully saturated rings. The average Bonchev–Trinajstić information content (AvgIpc) is 3.36. The summed E-state index contributed by atoms with van der Waals surface area (Å²) in [7, 11) is 1.69. The van der Waals surface area contributed by atoms with E-state index in [2.05, 4.69) is 44.9 Å². The van der Waals surface area contributed by atoms with Crippen LogP contribution >= 0.6 is 11.9 Å². The number of amides is 1. The van der Waals surface area contributed by atoms with E-state index in [9.17, 15) is 4.79 Å². The highest BCUT2D eigenvalue weighted by Gasteiger charge is 2.24. The smallest absolute Gasteiger partial charge is 0.254 e. The molecular formula is C27H28N4O2S. The van der Waals surface area contributed by atoms with Crippen molar-refractivity contribution < 1.29 is 9.53 Å². The third-order valence-corrected chi connectivity index (χ3v) is 7.10. The second-order valence-corrected chi connectivity index (χ2v) is 9.29. The minimum absolute atomic E-state index is 0.0911. The van der Waals surface area contributed by atoms with Crippen molar-refractivity contribution in [2.75, 3.05) is 42.9 Å². The Morgan fingerprint density at radius 2 is 1.82 bits per heavy atom. The van der Waals surface area contributed by atoms with Gasteiger partial charge in [-0.25, -0.2) is 0 Å². The topological polar surface area (TPSA) is 60.6 Å². The Labute approximate surface area is 204 Å². The minimum Gasteiger partial charge on any atom is -0.495 e. The Kier molecular flexibility index (Phi) is 6.36. The van der Waals surface area contributed by atoms with E-state index in [4.69, 9.17) is 4.74 Å². The first-order valence-electron chi connectivity index (χ1n) is 11.4. The molecule has 0 saturated carbocycles. The molecule has 2 heterocycles. The number of methoxy groups -OCH3 is 1. The zero-order valence-corrected chi connectivity index (χ0v) is 20.2. The lowest BCUT2D eigenvalue weighted by Crippen LogP contribution is -2.49. The number of piperazine rings is 1. The molecular weight excluding hydrogens is 444 g/mol. The van der Waals surface area contributed by atoms with Crippen molar-refractivity contribution in [2.24, 2.45) is 0 Å². The number of H-pyrrole nitrogens is 1. The molecule has 34 heavy (non-hydrogen) atoms. The number of ether oxygens (including phenoxy) is 1. The van der Waals surface area contributed by atoms with Gasteiger partial charge in [-0.2, -0.15) is 0 Å². The molecule has 0 atom stereocenters. The molecule has 1 aromatic heterocycles. The average molecular weight is 473 g/mol. The summed E-state index contributed by atoms with van der Waals surface area (Å²) in [6, 6.07) is 22.4. The fourth-order valence-corrected chi connectivity index (χ4v) is 5.02. The number of carbonyl (C=O) groups excluding carboxylic acids is 1. The number of nitrogens with one attached hydrogen (secondary N) is 2. The van der Waals surface area contributed by atoms with Gasteiger partial charge >= 0.3 is 0 Å². The van der Waals surface area contributed by atoms with E-state index >= 15 is 0 Å². The normalized spacial score (nSPS) is 13.8. The largest absolute Gasteiger partial charge is 0.495 e. The molecule has 1 aliphatic heterocycles. The van der Waals surface area contributed by atoms with Gasteiger partial charge in [0.15, 0.2) is 0 Å². The molecule has 1 amide bonds. The van der Waals surface area contributed by atoms with Crippen molar-refractivity contribution in [2.45, 2.75) is 11.8 Å². The van der Waals surface area contributed by atoms with Crippen LogP contribution in [0.5, 0.6) is 5.75 Å². The number of para-hydroxylation sites is 2. The van der Waals surface area contributed by atoms with Gasteiger partial charge in [0.25, 0.3) is 5.91 Å². The predicted molar refractivity (Wildman–Crippen MR) is 140 cm³/mol. The molecule has 0 unspecified atom stereocenters. The van der Waals surface area contributed by atoms with E-state index in [0.717, 1.165) is 57.1 Å². The monoisotopic (exact) mass is 472 g/mol. The number of fused-ring (bicyclic) bond motifs is 1. The van der Waals surface area contributed by atoms with Crippen LogP contribution in [0.15, 0.2) is 77.8 Å². The zero-order valence-electron chi connectivity index (χ0n) is 19.4. The van der Waals surface area contributed by atoms with Crippen LogP contribution in [-0.2, 0) is 0 Å². The Morgan fingerprint density at radius 3 is 2.65 bits per heavy atom. The first-order valence-corrected chi connectivity index (χ1v) is 12.2. The van der Waals surface area contributed by atoms with Gasteiger partial charge in [0.05, 0.1) is 12.8 Å². The second kappa shape index (κ2) is 9.73. The van der Waals surface area contributed by atoms with Crippen LogP contribution in [0.2, 0.25) is 0 Å². The lowest BCUT2D eigenvalue weighted by atomic mass is 10.1. The molecule has 0 radical (unpaired) electrons. The second-order valence-electron chi connectivity index (χ2n) is 8.41. The van der Waals surface area contributed by atoms with E-state index in [-0.39, 0.29) is 5.91 Å². The van der Waals surface area contributed by atoms with Gasteiger partial charge in [0, 0.05) is 59.4 Å². The highest BCUT2D eigenvalue weighted by atomic mass is 32.2. The van der Waals surface area contributed by atoms with Crippen molar-refractivity contribution in [3.63, 3.8) is 0 Å². The standard InChI is InChI=1S/C27H28N4O2S/c1-19-7-9-22(34-29-21-8-10-24-20(17-21)11-12-28-24)18-23(19)27(32)31-15-13-30(14-16-31)25-5-3-4-6-26(25)33-2/h3-12,17-18,28-29H,13-16H2,1-2H3. The summed E-state index contributed by atoms with van der Waals surface area (Å²) < 4.78 is 8.91. The van der Waals surface area contributed by atoms with Gasteiger partial charge in [-0.05, 0) is 73.0 Å². The van der Waals surface area contributed by atoms with Crippen LogP contribution in [-0.4, -0.2) is 49.1 Å². The fraction of sp³-hybridized carbons (Fsp3) is 0.222. The van der Waals surface area contributed by atoms with Crippen molar-refractivity contribution in [1.29, 1.82) is 0 Å². The maximum Gasteiger partial charge on any atom is 0.254 e. The molecule has 2 N–H and O–H groups in total. The third kappa shape index (κ3) is 4.56. The number of hydrogen-bond donors (Lipinski definition) is 2. The first kappa shape index (κ1) is 22.2. The van der Waals surface area contributed by atoms with E-state index in [0.29, 0.717) is 13.1 Å². The number of aromatic amines is 1. The van der Waals surface area contributed by atoms with E-state index in [1.54, 1.807) is 7.11 Å². The van der Waals surface area contributed by atoms with Gasteiger partial charge in [-0.3, -0.25) is 4.79 Å². The number of aryl methyl sites for hydroxylation is 1. The Hall–Kier alpha value is -3.58. The van der Waals surface area contributed by atoms with Gasteiger partial charge in [0.2, 0.25) is 0 Å². The number of carbonyl (C=O) groups is 1. The summed E-state index contributed by atoms with van der Waals surface area (Å²) in [5.74, 6) is 0.958. The van der Waals surface area contributed by atoms with Gasteiger partial charge in [-0.1, -0.05) is 18.2 Å². The number of rotatable bonds is 6. The van der Waals surface area contributed by atoms with Crippen LogP contribution in [0.25, 0.3) is 10.9 Å². The highest BCUT2D eigenvalue weighted by molar-refractivity contribution is 8.00. The fourth-order valence-electron chi connectivity index (χ4n) is 4.34. The molecule has 1 aliphatic rings. The summed E-state index contributed by atoms with van der Waals surface area (Å²) in [4.78, 5) is 21.8. The molecule has 1 saturated heterocycles. The van der Waals surface area contributed by atoms with Crippen LogP contribution < -0.4 is 14.4 Å². The van der Waals surface area contributed by atoms with Crippen molar-refractivity contribution in [1.82, 2.24) is 9.88 Å². The van der Waals surface area contributed by atoms with Gasteiger partial charge in [0.1, 0.15) is 5.75 Å². The van der Waals surface area contributed by atoms with Crippen LogP contribution in [0.3, 0.4) is 0 Å². The zero-order chi connectivity index (χ0) is 23.5. The third-order valence-electron chi connectivity index (χ3n) is 6.27. The Balaban J connectivity index is 1.24. The molecule has 174 valence electrons. The quantitative estimate of drug-likeness (QED) is 0.360. The van der Waals surface area contributed by atoms with Crippen LogP contribution in [0.1, 0.15) is 15.9 Å². The molecule has 5 rings (SSSR count). The number of anilines is 2. The predicted octanol–water partition coefficient (Wildman–Crippen LogP) is 5.57. The maximum absolute atomic E-state index is 13.4.